The van der Waals surface area contributed by atoms with Crippen LogP contribution in [0.3, 0.4) is 0 Å². The summed E-state index contributed by atoms with van der Waals surface area (Å²) in [6, 6.07) is 26.4. The number of rotatable bonds is 8. The number of fused-ring (bicyclic) bond motifs is 2. The largest absolute Gasteiger partial charge is 0.379 e. The predicted octanol–water partition coefficient (Wildman–Crippen LogP) is 3.35. The SMILES string of the molecule is O=C(Cc1ccccc1)N1C[C@@H](N2CCOCC2)C[C@H]1c1nc2c([nH]1)=CC(C#Cc1ccc3nc([C@@H]4C[C@H](N5CCOCC5)CN4C(=O)Cc4ccccc4)[nH]c3c1)CC=2. The molecule has 12 nitrogen and oxygen atoms in total. The van der Waals surface area contributed by atoms with Gasteiger partial charge in [0.15, 0.2) is 0 Å². The molecular formula is C48H52N8O4. The molecule has 2 N–H and O–H groups in total. The Kier molecular flexibility index (Phi) is 11.1. The maximum Gasteiger partial charge on any atom is 0.227 e. The summed E-state index contributed by atoms with van der Waals surface area (Å²) in [7, 11) is 0. The molecule has 0 spiro atoms. The highest BCUT2D eigenvalue weighted by Gasteiger charge is 2.42. The number of morpholine rings is 2. The van der Waals surface area contributed by atoms with Crippen LogP contribution >= 0.6 is 0 Å². The summed E-state index contributed by atoms with van der Waals surface area (Å²) < 4.78 is 11.3. The van der Waals surface area contributed by atoms with E-state index in [-0.39, 0.29) is 41.9 Å². The molecule has 5 atom stereocenters. The number of aromatic amines is 2. The minimum Gasteiger partial charge on any atom is -0.379 e. The molecule has 2 aromatic heterocycles. The monoisotopic (exact) mass is 804 g/mol. The maximum atomic E-state index is 13.8. The van der Waals surface area contributed by atoms with Crippen molar-refractivity contribution in [3.63, 3.8) is 0 Å². The number of nitrogens with zero attached hydrogens (tertiary/aromatic N) is 6. The number of carbonyl (C=O) groups is 2. The van der Waals surface area contributed by atoms with Gasteiger partial charge >= 0.3 is 0 Å². The minimum atomic E-state index is -0.139. The molecule has 4 fully saturated rings. The van der Waals surface area contributed by atoms with E-state index in [1.165, 1.54) is 0 Å². The Hall–Kier alpha value is -5.58. The first kappa shape index (κ1) is 38.6. The summed E-state index contributed by atoms with van der Waals surface area (Å²) in [5, 5.41) is 1.90. The molecule has 60 heavy (non-hydrogen) atoms. The van der Waals surface area contributed by atoms with Crippen molar-refractivity contribution in [2.24, 2.45) is 5.92 Å². The molecule has 3 aromatic carbocycles. The van der Waals surface area contributed by atoms with E-state index in [4.69, 9.17) is 19.4 Å². The van der Waals surface area contributed by atoms with Crippen LogP contribution in [0.2, 0.25) is 0 Å². The normalized spacial score (nSPS) is 24.7. The van der Waals surface area contributed by atoms with Crippen molar-refractivity contribution in [3.05, 3.63) is 118 Å². The van der Waals surface area contributed by atoms with Gasteiger partial charge in [-0.1, -0.05) is 78.6 Å². The number of hydrogen-bond donors (Lipinski definition) is 2. The number of nitrogens with one attached hydrogen (secondary N) is 2. The van der Waals surface area contributed by atoms with E-state index in [2.05, 4.69) is 49.8 Å². The Balaban J connectivity index is 0.862. The first-order chi connectivity index (χ1) is 29.5. The number of imidazole rings is 2. The minimum absolute atomic E-state index is 0.0131. The molecular weight excluding hydrogens is 753 g/mol. The summed E-state index contributed by atoms with van der Waals surface area (Å²) in [6.07, 6.45) is 7.52. The predicted molar refractivity (Wildman–Crippen MR) is 229 cm³/mol. The average molecular weight is 805 g/mol. The number of carbonyl (C=O) groups excluding carboxylic acids is 2. The molecule has 5 aromatic rings. The van der Waals surface area contributed by atoms with Gasteiger partial charge in [-0.05, 0) is 54.7 Å². The van der Waals surface area contributed by atoms with Crippen molar-refractivity contribution < 1.29 is 19.1 Å². The second kappa shape index (κ2) is 17.2. The van der Waals surface area contributed by atoms with E-state index in [9.17, 15) is 9.59 Å². The van der Waals surface area contributed by atoms with Gasteiger partial charge in [0.2, 0.25) is 11.8 Å². The van der Waals surface area contributed by atoms with Crippen LogP contribution < -0.4 is 10.7 Å². The van der Waals surface area contributed by atoms with Crippen LogP contribution in [0, 0.1) is 17.8 Å². The van der Waals surface area contributed by atoms with Gasteiger partial charge in [0.25, 0.3) is 0 Å². The van der Waals surface area contributed by atoms with Crippen LogP contribution in [0.15, 0.2) is 78.9 Å². The van der Waals surface area contributed by atoms with Gasteiger partial charge in [-0.15, -0.1) is 0 Å². The van der Waals surface area contributed by atoms with E-state index in [1.54, 1.807) is 0 Å². The zero-order valence-electron chi connectivity index (χ0n) is 34.0. The first-order valence-electron chi connectivity index (χ1n) is 21.6. The molecule has 6 heterocycles. The fourth-order valence-electron chi connectivity index (χ4n) is 9.77. The number of aromatic nitrogens is 4. The average Bonchev–Trinajstić information content (AvgIpc) is 4.11. The van der Waals surface area contributed by atoms with Crippen LogP contribution in [0.5, 0.6) is 0 Å². The summed E-state index contributed by atoms with van der Waals surface area (Å²) in [6.45, 7) is 7.79. The lowest BCUT2D eigenvalue weighted by molar-refractivity contribution is -0.132. The number of H-pyrrole nitrogens is 2. The lowest BCUT2D eigenvalue weighted by atomic mass is 10.0. The second-order valence-corrected chi connectivity index (χ2v) is 16.8. The topological polar surface area (TPSA) is 123 Å². The second-order valence-electron chi connectivity index (χ2n) is 16.8. The molecule has 12 heteroatoms. The summed E-state index contributed by atoms with van der Waals surface area (Å²) in [5.74, 6) is 8.87. The van der Waals surface area contributed by atoms with Crippen LogP contribution in [-0.4, -0.2) is 129 Å². The van der Waals surface area contributed by atoms with Gasteiger partial charge in [-0.2, -0.15) is 0 Å². The van der Waals surface area contributed by atoms with E-state index >= 15 is 0 Å². The third-order valence-electron chi connectivity index (χ3n) is 13.0. The Bertz CT molecular complexity index is 2510. The highest BCUT2D eigenvalue weighted by Crippen LogP contribution is 2.36. The van der Waals surface area contributed by atoms with Crippen LogP contribution in [0.1, 0.15) is 59.7 Å². The number of hydrogen-bond acceptors (Lipinski definition) is 8. The molecule has 2 amide bonds. The van der Waals surface area contributed by atoms with E-state index in [0.717, 1.165) is 122 Å². The van der Waals surface area contributed by atoms with E-state index in [1.807, 2.05) is 82.6 Å². The molecule has 10 rings (SSSR count). The zero-order valence-corrected chi connectivity index (χ0v) is 34.0. The third-order valence-corrected chi connectivity index (χ3v) is 13.0. The Morgan fingerprint density at radius 3 is 1.85 bits per heavy atom. The Labute approximate surface area is 350 Å². The van der Waals surface area contributed by atoms with E-state index < -0.39 is 0 Å². The number of ether oxygens (including phenoxy) is 2. The smallest absolute Gasteiger partial charge is 0.227 e. The summed E-state index contributed by atoms with van der Waals surface area (Å²) >= 11 is 0. The number of benzene rings is 3. The first-order valence-corrected chi connectivity index (χ1v) is 21.6. The van der Waals surface area contributed by atoms with Crippen molar-refractivity contribution >= 4 is 35.0 Å². The van der Waals surface area contributed by atoms with Gasteiger partial charge in [0, 0.05) is 62.8 Å². The summed E-state index contributed by atoms with van der Waals surface area (Å²) in [4.78, 5) is 54.0. The lowest BCUT2D eigenvalue weighted by Crippen LogP contribution is -2.45. The zero-order chi connectivity index (χ0) is 40.4. The van der Waals surface area contributed by atoms with E-state index in [0.29, 0.717) is 25.9 Å². The molecule has 308 valence electrons. The van der Waals surface area contributed by atoms with Crippen molar-refractivity contribution in [3.8, 4) is 11.8 Å². The molecule has 5 aliphatic rings. The highest BCUT2D eigenvalue weighted by molar-refractivity contribution is 5.81. The number of likely N-dealkylation sites (tertiary alicyclic amines) is 2. The van der Waals surface area contributed by atoms with Gasteiger partial charge in [0.1, 0.15) is 11.6 Å². The van der Waals surface area contributed by atoms with Gasteiger partial charge in [-0.3, -0.25) is 19.4 Å². The molecule has 0 radical (unpaired) electrons. The fourth-order valence-corrected chi connectivity index (χ4v) is 9.77. The van der Waals surface area contributed by atoms with Gasteiger partial charge in [-0.25, -0.2) is 9.97 Å². The van der Waals surface area contributed by atoms with Crippen molar-refractivity contribution in [2.75, 3.05) is 65.7 Å². The van der Waals surface area contributed by atoms with Crippen molar-refractivity contribution in [2.45, 2.75) is 56.3 Å². The standard InChI is InChI=1S/C48H52N8O4/c57-45(27-33-7-3-1-4-8-33)55-31-37(53-17-21-59-22-18-53)29-43(55)47-49-39-15-13-35(25-41(39)51-47)11-12-36-14-16-40-42(26-36)52-48(50-40)44-30-38(54-19-23-60-24-20-54)32-56(44)46(58)28-34-9-5-2-6-10-34/h1-10,13,15-16,25-26,36-38,43-44H,14,17-24,27-32H2,(H,49,51)(H,50,52)/t36?,37-,38-,43-,44-/m0/s1. The fraction of sp³-hybridized carbons (Fsp3) is 0.417. The van der Waals surface area contributed by atoms with Crippen LogP contribution in [-0.2, 0) is 31.9 Å². The highest BCUT2D eigenvalue weighted by atomic mass is 16.5. The Morgan fingerprint density at radius 2 is 1.27 bits per heavy atom. The van der Waals surface area contributed by atoms with Gasteiger partial charge < -0.3 is 29.2 Å². The van der Waals surface area contributed by atoms with Gasteiger partial charge in [0.05, 0.1) is 73.1 Å². The van der Waals surface area contributed by atoms with Crippen molar-refractivity contribution in [1.29, 1.82) is 0 Å². The quantitative estimate of drug-likeness (QED) is 0.229. The molecule has 1 unspecified atom stereocenters. The molecule has 0 saturated carbocycles. The molecule has 1 aliphatic carbocycles. The molecule has 4 saturated heterocycles. The van der Waals surface area contributed by atoms with Crippen molar-refractivity contribution in [1.82, 2.24) is 39.5 Å². The molecule has 0 bridgehead atoms. The molecule has 4 aliphatic heterocycles. The Morgan fingerprint density at radius 1 is 0.700 bits per heavy atom. The maximum absolute atomic E-state index is 13.8. The lowest BCUT2D eigenvalue weighted by Gasteiger charge is -2.31. The summed E-state index contributed by atoms with van der Waals surface area (Å²) in [5.41, 5.74) is 4.73. The van der Waals surface area contributed by atoms with Crippen LogP contribution in [0.25, 0.3) is 23.2 Å². The third kappa shape index (κ3) is 8.27. The van der Waals surface area contributed by atoms with Crippen LogP contribution in [0.4, 0.5) is 0 Å². The number of amides is 2.